The van der Waals surface area contributed by atoms with Crippen LogP contribution in [0.1, 0.15) is 6.92 Å². The molecule has 0 aliphatic heterocycles. The van der Waals surface area contributed by atoms with E-state index in [1.165, 1.54) is 6.92 Å². The molecule has 0 rings (SSSR count). The molecule has 0 amide bonds. The summed E-state index contributed by atoms with van der Waals surface area (Å²) in [5.74, 6) is -0.975. The number of rotatable bonds is 1. The molecule has 1 unspecified atom stereocenters. The number of carboxylic acids is 1. The zero-order valence-electron chi connectivity index (χ0n) is 3.31. The Balaban J connectivity index is 0. The Morgan fingerprint density at radius 3 is 2.00 bits per heavy atom. The van der Waals surface area contributed by atoms with Crippen LogP contribution in [-0.4, -0.2) is 54.2 Å². The van der Waals surface area contributed by atoms with E-state index in [4.69, 9.17) is 16.7 Å². The summed E-state index contributed by atoms with van der Waals surface area (Å²) in [4.78, 5) is 9.57. The first kappa shape index (κ1) is 10.9. The predicted molar refractivity (Wildman–Crippen MR) is 31.5 cm³/mol. The fourth-order valence-electron chi connectivity index (χ4n) is 0. The molecule has 1 atom stereocenters. The van der Waals surface area contributed by atoms with Gasteiger partial charge < -0.3 is 5.11 Å². The Morgan fingerprint density at radius 2 is 2.00 bits per heavy atom. The first-order chi connectivity index (χ1) is 2.64. The van der Waals surface area contributed by atoms with Crippen molar-refractivity contribution < 1.29 is 9.90 Å². The molecule has 7 heavy (non-hydrogen) atoms. The van der Waals surface area contributed by atoms with Crippen LogP contribution in [0.4, 0.5) is 0 Å². The van der Waals surface area contributed by atoms with E-state index >= 15 is 0 Å². The summed E-state index contributed by atoms with van der Waals surface area (Å²) in [6, 6.07) is 0. The van der Waals surface area contributed by atoms with E-state index in [0.29, 0.717) is 0 Å². The van der Waals surface area contributed by atoms with Gasteiger partial charge in [-0.05, 0) is 6.92 Å². The van der Waals surface area contributed by atoms with Gasteiger partial charge in [-0.15, -0.1) is 11.6 Å². The molecular weight excluding hydrogens is 144 g/mol. The zero-order valence-corrected chi connectivity index (χ0v) is 4.07. The van der Waals surface area contributed by atoms with Crippen LogP contribution >= 0.6 is 11.6 Å². The molecule has 2 nitrogen and oxygen atoms in total. The second-order valence-electron chi connectivity index (χ2n) is 0.954. The third-order valence-corrected chi connectivity index (χ3v) is 0.527. The fraction of sp³-hybridized carbons (Fsp3) is 0.667. The van der Waals surface area contributed by atoms with E-state index < -0.39 is 11.3 Å². The maximum absolute atomic E-state index is 9.57. The van der Waals surface area contributed by atoms with Gasteiger partial charge in [0.15, 0.2) is 0 Å². The number of hydrogen-bond acceptors (Lipinski definition) is 1. The van der Waals surface area contributed by atoms with Crippen LogP contribution < -0.4 is 0 Å². The number of hydrogen-bond donors (Lipinski definition) is 1. The summed E-state index contributed by atoms with van der Waals surface area (Å²) in [6.45, 7) is 1.41. The van der Waals surface area contributed by atoms with Crippen LogP contribution in [0.25, 0.3) is 0 Å². The number of carboxylic acid groups (broad SMARTS) is 1. The van der Waals surface area contributed by atoms with Gasteiger partial charge in [-0.1, -0.05) is 0 Å². The van der Waals surface area contributed by atoms with Crippen molar-refractivity contribution in [2.75, 3.05) is 0 Å². The van der Waals surface area contributed by atoms with Crippen molar-refractivity contribution in [3.8, 4) is 0 Å². The predicted octanol–water partition coefficient (Wildman–Crippen LogP) is -0.218. The van der Waals surface area contributed by atoms with Crippen molar-refractivity contribution in [1.29, 1.82) is 0 Å². The average molecular weight is 151 g/mol. The summed E-state index contributed by atoms with van der Waals surface area (Å²) in [5.41, 5.74) is 0. The van der Waals surface area contributed by atoms with Crippen molar-refractivity contribution in [2.24, 2.45) is 0 Å². The minimum atomic E-state index is -0.975. The van der Waals surface area contributed by atoms with E-state index in [2.05, 4.69) is 0 Å². The molecular formula is C3H7CaClO2. The molecule has 0 aromatic rings. The van der Waals surface area contributed by atoms with E-state index in [1.54, 1.807) is 0 Å². The molecule has 1 N–H and O–H groups in total. The first-order valence-corrected chi connectivity index (χ1v) is 1.95. The summed E-state index contributed by atoms with van der Waals surface area (Å²) >= 11 is 5.01. The van der Waals surface area contributed by atoms with Gasteiger partial charge >= 0.3 is 43.7 Å². The number of aliphatic carboxylic acids is 1. The van der Waals surface area contributed by atoms with Gasteiger partial charge in [-0.3, -0.25) is 4.79 Å². The third kappa shape index (κ3) is 7.02. The van der Waals surface area contributed by atoms with Crippen LogP contribution in [0.5, 0.6) is 0 Å². The van der Waals surface area contributed by atoms with E-state index in [0.717, 1.165) is 0 Å². The number of alkyl halides is 1. The van der Waals surface area contributed by atoms with Crippen molar-refractivity contribution >= 4 is 55.3 Å². The van der Waals surface area contributed by atoms with Gasteiger partial charge in [0.2, 0.25) is 0 Å². The van der Waals surface area contributed by atoms with Crippen molar-refractivity contribution in [2.45, 2.75) is 12.3 Å². The van der Waals surface area contributed by atoms with Gasteiger partial charge in [-0.25, -0.2) is 0 Å². The van der Waals surface area contributed by atoms with Crippen molar-refractivity contribution in [1.82, 2.24) is 0 Å². The Hall–Kier alpha value is 1.02. The van der Waals surface area contributed by atoms with Gasteiger partial charge in [0.1, 0.15) is 5.38 Å². The SMILES string of the molecule is CC(Cl)C(=O)O.[CaH2]. The summed E-state index contributed by atoms with van der Waals surface area (Å²) in [7, 11) is 0. The molecule has 0 saturated carbocycles. The normalized spacial score (nSPS) is 11.7. The molecule has 4 heteroatoms. The van der Waals surface area contributed by atoms with E-state index in [-0.39, 0.29) is 37.7 Å². The molecule has 0 aliphatic rings. The van der Waals surface area contributed by atoms with E-state index in [1.807, 2.05) is 0 Å². The summed E-state index contributed by atoms with van der Waals surface area (Å²) < 4.78 is 0. The molecule has 0 fully saturated rings. The van der Waals surface area contributed by atoms with Crippen molar-refractivity contribution in [3.63, 3.8) is 0 Å². The molecule has 0 aromatic heterocycles. The second kappa shape index (κ2) is 5.16. The molecule has 0 spiro atoms. The molecule has 0 aliphatic carbocycles. The molecule has 0 aromatic carbocycles. The molecule has 0 bridgehead atoms. The van der Waals surface area contributed by atoms with Crippen LogP contribution in [-0.2, 0) is 4.79 Å². The Bertz CT molecular complexity index is 64.0. The fourth-order valence-corrected chi connectivity index (χ4v) is 0. The second-order valence-corrected chi connectivity index (χ2v) is 1.61. The van der Waals surface area contributed by atoms with Crippen LogP contribution in [0.3, 0.4) is 0 Å². The monoisotopic (exact) mass is 150 g/mol. The average Bonchev–Trinajstić information content (AvgIpc) is 1.36. The van der Waals surface area contributed by atoms with Crippen LogP contribution in [0.2, 0.25) is 0 Å². The van der Waals surface area contributed by atoms with Gasteiger partial charge in [0, 0.05) is 0 Å². The zero-order chi connectivity index (χ0) is 5.15. The van der Waals surface area contributed by atoms with E-state index in [9.17, 15) is 4.79 Å². The summed E-state index contributed by atoms with van der Waals surface area (Å²) in [5, 5.41) is 7.10. The Labute approximate surface area is 76.8 Å². The molecule has 0 radical (unpaired) electrons. The van der Waals surface area contributed by atoms with Crippen LogP contribution in [0.15, 0.2) is 0 Å². The maximum atomic E-state index is 9.57. The number of carbonyl (C=O) groups is 1. The standard InChI is InChI=1S/C3H5ClO2.Ca.2H/c1-2(4)3(5)6;;;/h2H,1H3,(H,5,6);;;. The Kier molecular flexibility index (Phi) is 8.04. The topological polar surface area (TPSA) is 37.3 Å². The third-order valence-electron chi connectivity index (χ3n) is 0.340. The van der Waals surface area contributed by atoms with Gasteiger partial charge in [0.25, 0.3) is 0 Å². The van der Waals surface area contributed by atoms with Gasteiger partial charge in [0.05, 0.1) is 0 Å². The Morgan fingerprint density at radius 1 is 1.86 bits per heavy atom. The van der Waals surface area contributed by atoms with Crippen molar-refractivity contribution in [3.05, 3.63) is 0 Å². The summed E-state index contributed by atoms with van der Waals surface area (Å²) in [6.07, 6.45) is 0. The van der Waals surface area contributed by atoms with Crippen LogP contribution in [0, 0.1) is 0 Å². The quantitative estimate of drug-likeness (QED) is 0.415. The van der Waals surface area contributed by atoms with Gasteiger partial charge in [-0.2, -0.15) is 0 Å². The molecule has 0 heterocycles. The number of halogens is 1. The first-order valence-electron chi connectivity index (χ1n) is 1.51. The molecule has 40 valence electrons. The minimum absolute atomic E-state index is 0. The molecule has 0 saturated heterocycles.